The molecule has 0 aliphatic carbocycles. The van der Waals surface area contributed by atoms with Crippen LogP contribution in [-0.4, -0.2) is 78.9 Å². The Morgan fingerprint density at radius 2 is 1.45 bits per heavy atom. The molecule has 9 heteroatoms. The molecule has 44 heavy (non-hydrogen) atoms. The molecule has 0 radical (unpaired) electrons. The average molecular weight is 611 g/mol. The van der Waals surface area contributed by atoms with Crippen molar-refractivity contribution >= 4 is 17.9 Å². The Hall–Kier alpha value is -3.43. The smallest absolute Gasteiger partial charge is 0.407 e. The van der Waals surface area contributed by atoms with E-state index in [1.165, 1.54) is 0 Å². The Bertz CT molecular complexity index is 1140. The summed E-state index contributed by atoms with van der Waals surface area (Å²) in [5, 5.41) is 20.4. The SMILES string of the molecule is CCC(C)[C@H](NC(=O)[C@@H](Cc1ccccc1)C[C@H](O)[C@H](Cc1ccccc1)NC(=O)OC(C)(C)C)C(=O)NCCCN(C)C. The highest BCUT2D eigenvalue weighted by molar-refractivity contribution is 5.88. The van der Waals surface area contributed by atoms with E-state index in [0.717, 1.165) is 24.1 Å². The van der Waals surface area contributed by atoms with Crippen LogP contribution in [-0.2, 0) is 27.2 Å². The molecule has 1 unspecified atom stereocenters. The number of carbonyl (C=O) groups excluding carboxylic acids is 3. The molecule has 9 nitrogen and oxygen atoms in total. The maximum absolute atomic E-state index is 13.9. The van der Waals surface area contributed by atoms with Crippen LogP contribution >= 0.6 is 0 Å². The number of aliphatic hydroxyl groups is 1. The molecule has 3 amide bonds. The minimum atomic E-state index is -1.07. The number of aliphatic hydroxyl groups excluding tert-OH is 1. The summed E-state index contributed by atoms with van der Waals surface area (Å²) in [6.45, 7) is 10.6. The first-order valence-corrected chi connectivity index (χ1v) is 15.8. The van der Waals surface area contributed by atoms with Gasteiger partial charge in [0.05, 0.1) is 12.1 Å². The summed E-state index contributed by atoms with van der Waals surface area (Å²) in [5.41, 5.74) is 1.16. The zero-order chi connectivity index (χ0) is 32.7. The number of hydrogen-bond donors (Lipinski definition) is 4. The third kappa shape index (κ3) is 13.9. The Labute approximate surface area is 264 Å². The van der Waals surface area contributed by atoms with Crippen molar-refractivity contribution in [3.8, 4) is 0 Å². The van der Waals surface area contributed by atoms with Gasteiger partial charge in [-0.25, -0.2) is 4.79 Å². The van der Waals surface area contributed by atoms with Gasteiger partial charge in [0.2, 0.25) is 11.8 Å². The molecule has 244 valence electrons. The zero-order valence-corrected chi connectivity index (χ0v) is 27.6. The fourth-order valence-electron chi connectivity index (χ4n) is 4.94. The molecule has 0 aliphatic heterocycles. The summed E-state index contributed by atoms with van der Waals surface area (Å²) in [6.07, 6.45) is 0.606. The topological polar surface area (TPSA) is 120 Å². The summed E-state index contributed by atoms with van der Waals surface area (Å²) in [7, 11) is 3.97. The van der Waals surface area contributed by atoms with Crippen molar-refractivity contribution in [3.63, 3.8) is 0 Å². The molecular weight excluding hydrogens is 556 g/mol. The van der Waals surface area contributed by atoms with E-state index >= 15 is 0 Å². The molecule has 0 aliphatic rings. The lowest BCUT2D eigenvalue weighted by Crippen LogP contribution is -2.53. The van der Waals surface area contributed by atoms with Gasteiger partial charge in [0.1, 0.15) is 11.6 Å². The van der Waals surface area contributed by atoms with Gasteiger partial charge < -0.3 is 30.7 Å². The first-order chi connectivity index (χ1) is 20.8. The monoisotopic (exact) mass is 610 g/mol. The lowest BCUT2D eigenvalue weighted by Gasteiger charge is -2.30. The number of nitrogens with one attached hydrogen (secondary N) is 3. The molecule has 0 saturated carbocycles. The van der Waals surface area contributed by atoms with Crippen molar-refractivity contribution in [2.75, 3.05) is 27.2 Å². The minimum Gasteiger partial charge on any atom is -0.444 e. The molecule has 0 bridgehead atoms. The normalized spacial score (nSPS) is 15.0. The van der Waals surface area contributed by atoms with E-state index in [2.05, 4.69) is 20.9 Å². The molecule has 0 spiro atoms. The van der Waals surface area contributed by atoms with Crippen molar-refractivity contribution in [1.29, 1.82) is 0 Å². The highest BCUT2D eigenvalue weighted by atomic mass is 16.6. The van der Waals surface area contributed by atoms with E-state index in [0.29, 0.717) is 25.8 Å². The predicted octanol–water partition coefficient (Wildman–Crippen LogP) is 4.33. The highest BCUT2D eigenvalue weighted by Gasteiger charge is 2.33. The third-order valence-corrected chi connectivity index (χ3v) is 7.56. The van der Waals surface area contributed by atoms with Gasteiger partial charge in [-0.05, 0) is 84.1 Å². The average Bonchev–Trinajstić information content (AvgIpc) is 2.96. The van der Waals surface area contributed by atoms with Crippen LogP contribution in [0.3, 0.4) is 0 Å². The van der Waals surface area contributed by atoms with E-state index in [-0.39, 0.29) is 24.2 Å². The van der Waals surface area contributed by atoms with Crippen LogP contribution in [0, 0.1) is 11.8 Å². The molecule has 0 aromatic heterocycles. The van der Waals surface area contributed by atoms with Gasteiger partial charge in [-0.15, -0.1) is 0 Å². The number of hydrogen-bond acceptors (Lipinski definition) is 6. The third-order valence-electron chi connectivity index (χ3n) is 7.56. The van der Waals surface area contributed by atoms with Crippen molar-refractivity contribution in [3.05, 3.63) is 71.8 Å². The summed E-state index contributed by atoms with van der Waals surface area (Å²) in [5.74, 6) is -1.26. The zero-order valence-electron chi connectivity index (χ0n) is 27.6. The first-order valence-electron chi connectivity index (χ1n) is 15.8. The predicted molar refractivity (Wildman–Crippen MR) is 175 cm³/mol. The number of nitrogens with zero attached hydrogens (tertiary/aromatic N) is 1. The van der Waals surface area contributed by atoms with Gasteiger partial charge in [-0.2, -0.15) is 0 Å². The van der Waals surface area contributed by atoms with E-state index in [4.69, 9.17) is 4.74 Å². The molecule has 2 rings (SSSR count). The largest absolute Gasteiger partial charge is 0.444 e. The lowest BCUT2D eigenvalue weighted by molar-refractivity contribution is -0.133. The number of ether oxygens (including phenoxy) is 1. The number of alkyl carbamates (subject to hydrolysis) is 1. The molecule has 0 heterocycles. The number of carbonyl (C=O) groups is 3. The molecule has 5 atom stereocenters. The van der Waals surface area contributed by atoms with E-state index < -0.39 is 35.8 Å². The second-order valence-electron chi connectivity index (χ2n) is 13.0. The molecule has 0 saturated heterocycles. The number of rotatable bonds is 17. The Kier molecular flexibility index (Phi) is 15.4. The van der Waals surface area contributed by atoms with Gasteiger partial charge in [0.25, 0.3) is 0 Å². The summed E-state index contributed by atoms with van der Waals surface area (Å²) >= 11 is 0. The number of amides is 3. The molecule has 2 aromatic carbocycles. The van der Waals surface area contributed by atoms with Crippen LogP contribution < -0.4 is 16.0 Å². The Morgan fingerprint density at radius 1 is 0.886 bits per heavy atom. The highest BCUT2D eigenvalue weighted by Crippen LogP contribution is 2.20. The Balaban J connectivity index is 2.28. The van der Waals surface area contributed by atoms with Gasteiger partial charge in [0, 0.05) is 12.5 Å². The van der Waals surface area contributed by atoms with Crippen LogP contribution in [0.2, 0.25) is 0 Å². The second-order valence-corrected chi connectivity index (χ2v) is 13.0. The van der Waals surface area contributed by atoms with Gasteiger partial charge in [-0.3, -0.25) is 9.59 Å². The standard InChI is InChI=1S/C35H54N4O5/c1-8-25(2)31(33(42)36-20-15-21-39(6)7)38-32(41)28(22-26-16-11-9-12-17-26)24-30(40)29(23-27-18-13-10-14-19-27)37-34(43)44-35(3,4)5/h9-14,16-19,25,28-31,40H,8,15,20-24H2,1-7H3,(H,36,42)(H,37,43)(H,38,41)/t25?,28-,29-,30-,31-/m0/s1. The minimum absolute atomic E-state index is 0.0751. The summed E-state index contributed by atoms with van der Waals surface area (Å²) in [6, 6.07) is 17.8. The van der Waals surface area contributed by atoms with Gasteiger partial charge >= 0.3 is 6.09 Å². The maximum Gasteiger partial charge on any atom is 0.407 e. The van der Waals surface area contributed by atoms with Crippen LogP contribution in [0.4, 0.5) is 4.79 Å². The van der Waals surface area contributed by atoms with Crippen molar-refractivity contribution in [2.24, 2.45) is 11.8 Å². The van der Waals surface area contributed by atoms with E-state index in [1.54, 1.807) is 20.8 Å². The van der Waals surface area contributed by atoms with Crippen LogP contribution in [0.15, 0.2) is 60.7 Å². The lowest BCUT2D eigenvalue weighted by atomic mass is 9.88. The molecular formula is C35H54N4O5. The maximum atomic E-state index is 13.9. The van der Waals surface area contributed by atoms with Gasteiger partial charge in [0.15, 0.2) is 0 Å². The number of benzene rings is 2. The second kappa shape index (κ2) is 18.4. The van der Waals surface area contributed by atoms with E-state index in [1.807, 2.05) is 88.6 Å². The van der Waals surface area contributed by atoms with E-state index in [9.17, 15) is 19.5 Å². The van der Waals surface area contributed by atoms with Crippen molar-refractivity contribution < 1.29 is 24.2 Å². The first kappa shape index (κ1) is 36.8. The summed E-state index contributed by atoms with van der Waals surface area (Å²) in [4.78, 5) is 42.0. The summed E-state index contributed by atoms with van der Waals surface area (Å²) < 4.78 is 5.49. The molecule has 2 aromatic rings. The van der Waals surface area contributed by atoms with Gasteiger partial charge in [-0.1, -0.05) is 80.9 Å². The molecule has 0 fully saturated rings. The van der Waals surface area contributed by atoms with Crippen LogP contribution in [0.25, 0.3) is 0 Å². The van der Waals surface area contributed by atoms with Crippen LogP contribution in [0.1, 0.15) is 65.0 Å². The Morgan fingerprint density at radius 3 is 1.98 bits per heavy atom. The quantitative estimate of drug-likeness (QED) is 0.198. The fourth-order valence-corrected chi connectivity index (χ4v) is 4.94. The fraction of sp³-hybridized carbons (Fsp3) is 0.571. The van der Waals surface area contributed by atoms with Crippen LogP contribution in [0.5, 0.6) is 0 Å². The van der Waals surface area contributed by atoms with Crippen molar-refractivity contribution in [2.45, 2.75) is 90.5 Å². The van der Waals surface area contributed by atoms with Crippen molar-refractivity contribution in [1.82, 2.24) is 20.9 Å². The molecule has 4 N–H and O–H groups in total.